The van der Waals surface area contributed by atoms with Crippen molar-refractivity contribution >= 4 is 23.4 Å². The summed E-state index contributed by atoms with van der Waals surface area (Å²) in [5.41, 5.74) is 6.48. The topological polar surface area (TPSA) is 82.6 Å². The second-order valence-electron chi connectivity index (χ2n) is 9.18. The highest BCUT2D eigenvalue weighted by Crippen LogP contribution is 2.32. The largest absolute Gasteiger partial charge is 0.378 e. The lowest BCUT2D eigenvalue weighted by molar-refractivity contribution is 0.0429. The number of morpholine rings is 1. The number of carbonyl (C=O) groups is 1. The number of nitrogens with one attached hydrogen (secondary N) is 2. The van der Waals surface area contributed by atoms with Gasteiger partial charge in [0.25, 0.3) is 0 Å². The minimum atomic E-state index is -0.0273. The summed E-state index contributed by atoms with van der Waals surface area (Å²) >= 11 is 6.29. The molecule has 1 fully saturated rings. The SMILES string of the molecule is CNCc1ccccc1-c1cccc(C(C)Nc2nc(Cl)nc3c2CN(C(=O)N2CCOCC2)C3)c1. The Morgan fingerprint density at radius 3 is 2.69 bits per heavy atom. The number of nitrogens with zero attached hydrogens (tertiary/aromatic N) is 4. The molecule has 1 unspecified atom stereocenters. The third-order valence-corrected chi connectivity index (χ3v) is 6.91. The summed E-state index contributed by atoms with van der Waals surface area (Å²) in [6.07, 6.45) is 0. The number of ether oxygens (including phenoxy) is 1. The molecule has 9 heteroatoms. The monoisotopic (exact) mass is 506 g/mol. The molecule has 36 heavy (non-hydrogen) atoms. The van der Waals surface area contributed by atoms with E-state index in [0.29, 0.717) is 45.2 Å². The zero-order valence-corrected chi connectivity index (χ0v) is 21.4. The Bertz CT molecular complexity index is 1250. The molecule has 0 bridgehead atoms. The fourth-order valence-corrected chi connectivity index (χ4v) is 5.03. The quantitative estimate of drug-likeness (QED) is 0.480. The maximum atomic E-state index is 13.0. The van der Waals surface area contributed by atoms with Crippen LogP contribution < -0.4 is 10.6 Å². The number of hydrogen-bond donors (Lipinski definition) is 2. The molecule has 1 aromatic heterocycles. The van der Waals surface area contributed by atoms with Crippen molar-refractivity contribution in [1.29, 1.82) is 0 Å². The van der Waals surface area contributed by atoms with E-state index in [2.05, 4.69) is 76.1 Å². The highest BCUT2D eigenvalue weighted by atomic mass is 35.5. The summed E-state index contributed by atoms with van der Waals surface area (Å²) in [6.45, 7) is 6.14. The fourth-order valence-electron chi connectivity index (χ4n) is 4.84. The molecule has 0 spiro atoms. The molecule has 0 saturated carbocycles. The van der Waals surface area contributed by atoms with E-state index in [4.69, 9.17) is 16.3 Å². The lowest BCUT2D eigenvalue weighted by atomic mass is 9.96. The van der Waals surface area contributed by atoms with Gasteiger partial charge in [0.2, 0.25) is 5.28 Å². The van der Waals surface area contributed by atoms with Crippen molar-refractivity contribution in [3.05, 3.63) is 76.2 Å². The summed E-state index contributed by atoms with van der Waals surface area (Å²) in [5.74, 6) is 0.677. The van der Waals surface area contributed by atoms with Crippen molar-refractivity contribution in [2.75, 3.05) is 38.7 Å². The molecule has 2 aliphatic heterocycles. The summed E-state index contributed by atoms with van der Waals surface area (Å²) in [6, 6.07) is 17.0. The van der Waals surface area contributed by atoms with Gasteiger partial charge in [-0.05, 0) is 53.9 Å². The third-order valence-electron chi connectivity index (χ3n) is 6.74. The molecule has 2 N–H and O–H groups in total. The summed E-state index contributed by atoms with van der Waals surface area (Å²) in [7, 11) is 1.96. The summed E-state index contributed by atoms with van der Waals surface area (Å²) < 4.78 is 5.38. The predicted molar refractivity (Wildman–Crippen MR) is 141 cm³/mol. The molecule has 188 valence electrons. The minimum absolute atomic E-state index is 0.000596. The number of urea groups is 1. The number of fused-ring (bicyclic) bond motifs is 1. The van der Waals surface area contributed by atoms with E-state index in [0.717, 1.165) is 23.4 Å². The third kappa shape index (κ3) is 5.16. The molecule has 5 rings (SSSR count). The van der Waals surface area contributed by atoms with Crippen LogP contribution in [-0.2, 0) is 24.4 Å². The second kappa shape index (κ2) is 10.8. The average Bonchev–Trinajstić information content (AvgIpc) is 3.33. The standard InChI is InChI=1S/C27H31ClN6O2/c1-18(19-7-5-8-20(14-19)22-9-4-3-6-21(22)15-29-2)30-25-23-16-34(17-24(23)31-26(28)32-25)27(35)33-10-12-36-13-11-33/h3-9,14,18,29H,10-13,15-17H2,1-2H3,(H,30,31,32). The maximum absolute atomic E-state index is 13.0. The van der Waals surface area contributed by atoms with Crippen LogP contribution in [0.3, 0.4) is 0 Å². The predicted octanol–water partition coefficient (Wildman–Crippen LogP) is 4.46. The number of amides is 2. The van der Waals surface area contributed by atoms with Crippen LogP contribution in [0.25, 0.3) is 11.1 Å². The first kappa shape index (κ1) is 24.5. The van der Waals surface area contributed by atoms with Gasteiger partial charge >= 0.3 is 6.03 Å². The first-order chi connectivity index (χ1) is 17.5. The van der Waals surface area contributed by atoms with Crippen LogP contribution in [0, 0.1) is 0 Å². The summed E-state index contributed by atoms with van der Waals surface area (Å²) in [4.78, 5) is 25.6. The number of anilines is 1. The Kier molecular flexibility index (Phi) is 7.36. The van der Waals surface area contributed by atoms with Gasteiger partial charge in [0.15, 0.2) is 0 Å². The Morgan fingerprint density at radius 2 is 1.89 bits per heavy atom. The van der Waals surface area contributed by atoms with Gasteiger partial charge in [-0.15, -0.1) is 0 Å². The van der Waals surface area contributed by atoms with E-state index in [1.807, 2.05) is 11.9 Å². The van der Waals surface area contributed by atoms with Gasteiger partial charge < -0.3 is 25.2 Å². The molecule has 1 saturated heterocycles. The first-order valence-corrected chi connectivity index (χ1v) is 12.7. The lowest BCUT2D eigenvalue weighted by Crippen LogP contribution is -2.46. The highest BCUT2D eigenvalue weighted by Gasteiger charge is 2.32. The molecule has 1 atom stereocenters. The highest BCUT2D eigenvalue weighted by molar-refractivity contribution is 6.28. The molecule has 2 amide bonds. The van der Waals surface area contributed by atoms with E-state index >= 15 is 0 Å². The molecular formula is C27H31ClN6O2. The number of aromatic nitrogens is 2. The lowest BCUT2D eigenvalue weighted by Gasteiger charge is -2.30. The van der Waals surface area contributed by atoms with Crippen molar-refractivity contribution in [3.8, 4) is 11.1 Å². The normalized spacial score (nSPS) is 16.1. The molecule has 0 aliphatic carbocycles. The van der Waals surface area contributed by atoms with Crippen LogP contribution in [0.5, 0.6) is 0 Å². The van der Waals surface area contributed by atoms with Gasteiger partial charge in [-0.25, -0.2) is 14.8 Å². The molecule has 8 nitrogen and oxygen atoms in total. The van der Waals surface area contributed by atoms with Crippen molar-refractivity contribution in [3.63, 3.8) is 0 Å². The Morgan fingerprint density at radius 1 is 1.08 bits per heavy atom. The molecular weight excluding hydrogens is 476 g/mol. The van der Waals surface area contributed by atoms with E-state index in [1.165, 1.54) is 16.7 Å². The second-order valence-corrected chi connectivity index (χ2v) is 9.52. The Balaban J connectivity index is 1.36. The van der Waals surface area contributed by atoms with Crippen molar-refractivity contribution in [2.24, 2.45) is 0 Å². The fraction of sp³-hybridized carbons (Fsp3) is 0.370. The van der Waals surface area contributed by atoms with Crippen LogP contribution >= 0.6 is 11.6 Å². The van der Waals surface area contributed by atoms with Crippen LogP contribution in [0.15, 0.2) is 48.5 Å². The van der Waals surface area contributed by atoms with Gasteiger partial charge in [-0.2, -0.15) is 0 Å². The van der Waals surface area contributed by atoms with E-state index in [9.17, 15) is 4.79 Å². The van der Waals surface area contributed by atoms with Crippen LogP contribution in [-0.4, -0.2) is 59.1 Å². The number of rotatable bonds is 6. The van der Waals surface area contributed by atoms with Gasteiger partial charge in [0.05, 0.1) is 32.0 Å². The smallest absolute Gasteiger partial charge is 0.320 e. The maximum Gasteiger partial charge on any atom is 0.320 e. The van der Waals surface area contributed by atoms with Crippen LogP contribution in [0.1, 0.15) is 35.3 Å². The van der Waals surface area contributed by atoms with Crippen LogP contribution in [0.2, 0.25) is 5.28 Å². The van der Waals surface area contributed by atoms with Crippen molar-refractivity contribution < 1.29 is 9.53 Å². The van der Waals surface area contributed by atoms with Gasteiger partial charge in [0.1, 0.15) is 5.82 Å². The van der Waals surface area contributed by atoms with Crippen LogP contribution in [0.4, 0.5) is 10.6 Å². The molecule has 3 heterocycles. The number of halogens is 1. The zero-order chi connectivity index (χ0) is 25.1. The number of hydrogen-bond acceptors (Lipinski definition) is 6. The van der Waals surface area contributed by atoms with Gasteiger partial charge in [-0.1, -0.05) is 42.5 Å². The van der Waals surface area contributed by atoms with E-state index in [-0.39, 0.29) is 17.4 Å². The van der Waals surface area contributed by atoms with Gasteiger partial charge in [-0.3, -0.25) is 0 Å². The number of carbonyl (C=O) groups excluding carboxylic acids is 1. The van der Waals surface area contributed by atoms with Crippen molar-refractivity contribution in [1.82, 2.24) is 25.1 Å². The first-order valence-electron chi connectivity index (χ1n) is 12.3. The molecule has 0 radical (unpaired) electrons. The van der Waals surface area contributed by atoms with Gasteiger partial charge in [0, 0.05) is 31.2 Å². The number of benzene rings is 2. The zero-order valence-electron chi connectivity index (χ0n) is 20.6. The summed E-state index contributed by atoms with van der Waals surface area (Å²) in [5, 5.41) is 6.97. The molecule has 3 aromatic rings. The average molecular weight is 507 g/mol. The van der Waals surface area contributed by atoms with Crippen molar-refractivity contribution in [2.45, 2.75) is 32.6 Å². The minimum Gasteiger partial charge on any atom is -0.378 e. The van der Waals surface area contributed by atoms with E-state index < -0.39 is 0 Å². The Hall–Kier alpha value is -3.20. The molecule has 2 aliphatic rings. The Labute approximate surface area is 216 Å². The molecule has 2 aromatic carbocycles. The van der Waals surface area contributed by atoms with E-state index in [1.54, 1.807) is 4.90 Å².